The highest BCUT2D eigenvalue weighted by atomic mass is 32.2. The highest BCUT2D eigenvalue weighted by Crippen LogP contribution is 2.46. The maximum Gasteiger partial charge on any atom is 0.280 e. The number of nitrogens with two attached hydrogens (primary N) is 1. The molecule has 0 saturated carbocycles. The summed E-state index contributed by atoms with van der Waals surface area (Å²) in [7, 11) is 0. The third-order valence-electron chi connectivity index (χ3n) is 5.96. The molecule has 1 amide bonds. The van der Waals surface area contributed by atoms with E-state index in [2.05, 4.69) is 17.1 Å². The van der Waals surface area contributed by atoms with E-state index in [1.807, 2.05) is 42.5 Å². The van der Waals surface area contributed by atoms with Crippen molar-refractivity contribution < 1.29 is 9.90 Å². The van der Waals surface area contributed by atoms with Gasteiger partial charge in [0.2, 0.25) is 0 Å². The Morgan fingerprint density at radius 2 is 2.03 bits per heavy atom. The number of aromatic hydroxyl groups is 1. The smallest absolute Gasteiger partial charge is 0.280 e. The van der Waals surface area contributed by atoms with Crippen molar-refractivity contribution >= 4 is 23.4 Å². The molecule has 2 aromatic carbocycles. The minimum absolute atomic E-state index is 0.148. The second-order valence-corrected chi connectivity index (χ2v) is 9.32. The first kappa shape index (κ1) is 21.4. The number of hydrogen-bond donors (Lipinski definition) is 2. The van der Waals surface area contributed by atoms with Gasteiger partial charge in [-0.15, -0.1) is 11.8 Å². The van der Waals surface area contributed by atoms with Crippen LogP contribution in [0.4, 0.5) is 0 Å². The molecule has 3 heterocycles. The third kappa shape index (κ3) is 4.29. The van der Waals surface area contributed by atoms with Crippen LogP contribution in [0, 0.1) is 0 Å². The Labute approximate surface area is 196 Å². The number of phenolic OH excluding ortho intramolecular Hbond substituents is 1. The van der Waals surface area contributed by atoms with Gasteiger partial charge in [0.25, 0.3) is 5.91 Å². The number of carbonyl (C=O) groups is 1. The second kappa shape index (κ2) is 9.21. The number of allylic oxidation sites excluding steroid dienone is 1. The lowest BCUT2D eigenvalue weighted by atomic mass is 9.98. The number of thioether (sulfide) groups is 1. The SMILES string of the molecule is NCc1cccc(C2CC=C(C(=O)N3N=C(c4cccnc4)CC3c3ccccc3O)S2)c1. The number of amides is 1. The van der Waals surface area contributed by atoms with E-state index >= 15 is 0 Å². The number of aromatic nitrogens is 1. The zero-order valence-electron chi connectivity index (χ0n) is 18.0. The summed E-state index contributed by atoms with van der Waals surface area (Å²) in [5.41, 5.74) is 10.4. The third-order valence-corrected chi connectivity index (χ3v) is 7.31. The minimum atomic E-state index is -0.380. The van der Waals surface area contributed by atoms with Gasteiger partial charge in [-0.1, -0.05) is 54.6 Å². The Morgan fingerprint density at radius 1 is 1.15 bits per heavy atom. The van der Waals surface area contributed by atoms with Gasteiger partial charge in [0.15, 0.2) is 0 Å². The molecular weight excluding hydrogens is 432 g/mol. The van der Waals surface area contributed by atoms with E-state index in [4.69, 9.17) is 10.8 Å². The Bertz CT molecular complexity index is 1240. The molecule has 5 rings (SSSR count). The fourth-order valence-corrected chi connectivity index (χ4v) is 5.42. The molecule has 2 aliphatic heterocycles. The molecule has 0 aliphatic carbocycles. The molecule has 2 atom stereocenters. The molecule has 6 nitrogen and oxygen atoms in total. The van der Waals surface area contributed by atoms with Gasteiger partial charge in [0, 0.05) is 41.7 Å². The van der Waals surface area contributed by atoms with E-state index in [0.29, 0.717) is 23.4 Å². The number of carbonyl (C=O) groups excluding carboxylic acids is 1. The van der Waals surface area contributed by atoms with Gasteiger partial charge in [-0.25, -0.2) is 5.01 Å². The lowest BCUT2D eigenvalue weighted by Gasteiger charge is -2.23. The van der Waals surface area contributed by atoms with Gasteiger partial charge >= 0.3 is 0 Å². The molecule has 0 spiro atoms. The largest absolute Gasteiger partial charge is 0.508 e. The number of hydrazone groups is 1. The van der Waals surface area contributed by atoms with Gasteiger partial charge in [0.1, 0.15) is 5.75 Å². The molecule has 0 bridgehead atoms. The molecule has 33 heavy (non-hydrogen) atoms. The lowest BCUT2D eigenvalue weighted by Crippen LogP contribution is -2.27. The molecule has 1 aromatic heterocycles. The van der Waals surface area contributed by atoms with E-state index in [1.54, 1.807) is 36.3 Å². The van der Waals surface area contributed by atoms with Gasteiger partial charge < -0.3 is 10.8 Å². The van der Waals surface area contributed by atoms with Gasteiger partial charge in [0.05, 0.1) is 16.7 Å². The summed E-state index contributed by atoms with van der Waals surface area (Å²) >= 11 is 1.56. The highest BCUT2D eigenvalue weighted by Gasteiger charge is 2.37. The summed E-state index contributed by atoms with van der Waals surface area (Å²) in [4.78, 5) is 18.5. The molecule has 2 aliphatic rings. The monoisotopic (exact) mass is 456 g/mol. The predicted octanol–water partition coefficient (Wildman–Crippen LogP) is 4.69. The topological polar surface area (TPSA) is 91.8 Å². The normalized spacial score (nSPS) is 20.0. The zero-order chi connectivity index (χ0) is 22.8. The molecule has 3 N–H and O–H groups in total. The average molecular weight is 457 g/mol. The van der Waals surface area contributed by atoms with Crippen LogP contribution in [0.5, 0.6) is 5.75 Å². The second-order valence-electron chi connectivity index (χ2n) is 8.08. The van der Waals surface area contributed by atoms with Crippen molar-refractivity contribution in [3.8, 4) is 5.75 Å². The summed E-state index contributed by atoms with van der Waals surface area (Å²) in [6.07, 6.45) is 6.73. The fourth-order valence-electron chi connectivity index (χ4n) is 4.26. The molecule has 3 aromatic rings. The number of nitrogens with zero attached hydrogens (tertiary/aromatic N) is 3. The average Bonchev–Trinajstić information content (AvgIpc) is 3.53. The van der Waals surface area contributed by atoms with Gasteiger partial charge in [-0.2, -0.15) is 5.10 Å². The van der Waals surface area contributed by atoms with E-state index < -0.39 is 0 Å². The number of pyridine rings is 1. The summed E-state index contributed by atoms with van der Waals surface area (Å²) in [6.45, 7) is 0.492. The summed E-state index contributed by atoms with van der Waals surface area (Å²) in [6, 6.07) is 18.8. The van der Waals surface area contributed by atoms with Gasteiger partial charge in [-0.3, -0.25) is 9.78 Å². The van der Waals surface area contributed by atoms with Crippen molar-refractivity contribution in [2.45, 2.75) is 30.7 Å². The van der Waals surface area contributed by atoms with E-state index in [9.17, 15) is 9.90 Å². The maximum absolute atomic E-state index is 13.6. The van der Waals surface area contributed by atoms with Crippen LogP contribution in [0.1, 0.15) is 46.4 Å². The summed E-state index contributed by atoms with van der Waals surface area (Å²) < 4.78 is 0. The van der Waals surface area contributed by atoms with Crippen molar-refractivity contribution in [2.75, 3.05) is 0 Å². The maximum atomic E-state index is 13.6. The van der Waals surface area contributed by atoms with E-state index in [-0.39, 0.29) is 22.9 Å². The first-order valence-electron chi connectivity index (χ1n) is 10.9. The summed E-state index contributed by atoms with van der Waals surface area (Å²) in [5, 5.41) is 16.9. The van der Waals surface area contributed by atoms with Crippen LogP contribution < -0.4 is 5.73 Å². The van der Waals surface area contributed by atoms with Crippen LogP contribution in [-0.2, 0) is 11.3 Å². The standard InChI is InChI=1S/C26H24N4O2S/c27-15-17-5-3-6-18(13-17)24-10-11-25(33-24)26(32)30-22(20-8-1-2-9-23(20)31)14-21(29-30)19-7-4-12-28-16-19/h1-9,11-13,16,22,24,31H,10,14-15,27H2. The predicted molar refractivity (Wildman–Crippen MR) is 130 cm³/mol. The molecule has 2 unspecified atom stereocenters. The number of benzene rings is 2. The van der Waals surface area contributed by atoms with Crippen molar-refractivity contribution in [3.05, 3.63) is 106 Å². The lowest BCUT2D eigenvalue weighted by molar-refractivity contribution is -0.128. The van der Waals surface area contributed by atoms with Gasteiger partial charge in [-0.05, 0) is 29.7 Å². The Morgan fingerprint density at radius 3 is 2.82 bits per heavy atom. The Balaban J connectivity index is 1.42. The van der Waals surface area contributed by atoms with Crippen LogP contribution in [0.25, 0.3) is 0 Å². The molecule has 0 saturated heterocycles. The number of para-hydroxylation sites is 1. The fraction of sp³-hybridized carbons (Fsp3) is 0.192. The minimum Gasteiger partial charge on any atom is -0.508 e. The molecule has 0 fully saturated rings. The molecule has 7 heteroatoms. The number of phenols is 1. The number of rotatable bonds is 5. The highest BCUT2D eigenvalue weighted by molar-refractivity contribution is 8.04. The molecule has 0 radical (unpaired) electrons. The van der Waals surface area contributed by atoms with Crippen molar-refractivity contribution in [1.29, 1.82) is 0 Å². The first-order chi connectivity index (χ1) is 16.1. The van der Waals surface area contributed by atoms with Crippen molar-refractivity contribution in [3.63, 3.8) is 0 Å². The van der Waals surface area contributed by atoms with E-state index in [1.165, 1.54) is 10.6 Å². The Hall–Kier alpha value is -3.42. The van der Waals surface area contributed by atoms with Crippen molar-refractivity contribution in [2.24, 2.45) is 10.8 Å². The van der Waals surface area contributed by atoms with Crippen LogP contribution >= 0.6 is 11.8 Å². The van der Waals surface area contributed by atoms with E-state index in [0.717, 1.165) is 23.3 Å². The summed E-state index contributed by atoms with van der Waals surface area (Å²) in [5.74, 6) is 0.0112. The molecule has 166 valence electrons. The van der Waals surface area contributed by atoms with Crippen molar-refractivity contribution in [1.82, 2.24) is 9.99 Å². The zero-order valence-corrected chi connectivity index (χ0v) is 18.8. The van der Waals surface area contributed by atoms with Crippen LogP contribution in [0.15, 0.2) is 89.1 Å². The Kier molecular flexibility index (Phi) is 5.98. The first-order valence-corrected chi connectivity index (χ1v) is 11.8. The van der Waals surface area contributed by atoms with Crippen LogP contribution in [-0.4, -0.2) is 26.7 Å². The molecular formula is C26H24N4O2S. The number of hydrogen-bond acceptors (Lipinski definition) is 6. The quantitative estimate of drug-likeness (QED) is 0.581. The van der Waals surface area contributed by atoms with Crippen LogP contribution in [0.2, 0.25) is 0 Å². The van der Waals surface area contributed by atoms with Crippen LogP contribution in [0.3, 0.4) is 0 Å².